The van der Waals surface area contributed by atoms with Crippen LogP contribution in [0.3, 0.4) is 0 Å². The Hall–Kier alpha value is -0.0900. The molecule has 2 nitrogen and oxygen atoms in total. The lowest BCUT2D eigenvalue weighted by Gasteiger charge is -2.03. The van der Waals surface area contributed by atoms with E-state index in [9.17, 15) is 4.79 Å². The molecule has 0 unspecified atom stereocenters. The number of thiocarbonyl (C=S) groups is 1. The third-order valence-corrected chi connectivity index (χ3v) is 2.96. The summed E-state index contributed by atoms with van der Waals surface area (Å²) in [6.07, 6.45) is 3.96. The fourth-order valence-corrected chi connectivity index (χ4v) is 1.86. The summed E-state index contributed by atoms with van der Waals surface area (Å²) in [6, 6.07) is 0. The fraction of sp³-hybridized carbons (Fsp3) is 0.800. The number of unbranched alkanes of at least 4 members (excludes halogenated alkanes) is 2. The first-order chi connectivity index (χ1) is 6.70. The number of ketones is 1. The molecule has 0 atom stereocenters. The maximum absolute atomic E-state index is 11.3. The standard InChI is InChI=1S/C10H18O2S2/c1-3-5-6-7-9(11)8-14-10(13)12-4-2/h3-8H2,1-2H3. The summed E-state index contributed by atoms with van der Waals surface area (Å²) in [5, 5.41) is 0. The van der Waals surface area contributed by atoms with Gasteiger partial charge in [0.05, 0.1) is 12.4 Å². The van der Waals surface area contributed by atoms with Gasteiger partial charge in [0.2, 0.25) is 4.38 Å². The highest BCUT2D eigenvalue weighted by molar-refractivity contribution is 8.23. The van der Waals surface area contributed by atoms with Crippen LogP contribution in [0.15, 0.2) is 0 Å². The molecule has 0 aliphatic carbocycles. The molecule has 0 aliphatic rings. The summed E-state index contributed by atoms with van der Waals surface area (Å²) in [5.41, 5.74) is 0. The molecule has 0 aromatic carbocycles. The van der Waals surface area contributed by atoms with Crippen LogP contribution in [0.2, 0.25) is 0 Å². The second-order valence-electron chi connectivity index (χ2n) is 2.97. The second kappa shape index (κ2) is 9.46. The molecule has 0 N–H and O–H groups in total. The molecule has 0 amide bonds. The zero-order valence-corrected chi connectivity index (χ0v) is 10.5. The predicted molar refractivity (Wildman–Crippen MR) is 65.8 cm³/mol. The average molecular weight is 234 g/mol. The Morgan fingerprint density at radius 2 is 2.07 bits per heavy atom. The van der Waals surface area contributed by atoms with E-state index < -0.39 is 0 Å². The van der Waals surface area contributed by atoms with Gasteiger partial charge in [0.15, 0.2) is 0 Å². The van der Waals surface area contributed by atoms with E-state index in [1.54, 1.807) is 0 Å². The third-order valence-electron chi connectivity index (χ3n) is 1.67. The Labute approximate surface area is 95.8 Å². The molecule has 0 saturated heterocycles. The SMILES string of the molecule is CCCCCC(=O)CSC(=S)OCC. The molecule has 0 spiro atoms. The molecule has 0 saturated carbocycles. The van der Waals surface area contributed by atoms with Crippen molar-refractivity contribution < 1.29 is 9.53 Å². The first-order valence-corrected chi connectivity index (χ1v) is 6.41. The van der Waals surface area contributed by atoms with E-state index in [0.29, 0.717) is 23.2 Å². The van der Waals surface area contributed by atoms with Crippen LogP contribution >= 0.6 is 24.0 Å². The molecule has 0 aromatic heterocycles. The normalized spacial score (nSPS) is 9.86. The zero-order chi connectivity index (χ0) is 10.8. The molecule has 0 heterocycles. The molecule has 0 radical (unpaired) electrons. The van der Waals surface area contributed by atoms with E-state index in [1.165, 1.54) is 11.8 Å². The van der Waals surface area contributed by atoms with Crippen molar-refractivity contribution in [1.82, 2.24) is 0 Å². The Bertz CT molecular complexity index is 181. The molecular weight excluding hydrogens is 216 g/mol. The summed E-state index contributed by atoms with van der Waals surface area (Å²) in [6.45, 7) is 4.59. The Morgan fingerprint density at radius 1 is 1.36 bits per heavy atom. The van der Waals surface area contributed by atoms with Crippen molar-refractivity contribution >= 4 is 34.1 Å². The van der Waals surface area contributed by atoms with Crippen molar-refractivity contribution in [2.45, 2.75) is 39.5 Å². The van der Waals surface area contributed by atoms with Crippen LogP contribution in [0.25, 0.3) is 0 Å². The van der Waals surface area contributed by atoms with Gasteiger partial charge in [0, 0.05) is 6.42 Å². The molecule has 4 heteroatoms. The first kappa shape index (κ1) is 13.9. The largest absolute Gasteiger partial charge is 0.479 e. The second-order valence-corrected chi connectivity index (χ2v) is 4.54. The first-order valence-electron chi connectivity index (χ1n) is 5.02. The highest BCUT2D eigenvalue weighted by atomic mass is 32.2. The van der Waals surface area contributed by atoms with E-state index in [0.717, 1.165) is 19.3 Å². The quantitative estimate of drug-likeness (QED) is 0.499. The molecular formula is C10H18O2S2. The van der Waals surface area contributed by atoms with Crippen LogP contribution in [-0.2, 0) is 9.53 Å². The smallest absolute Gasteiger partial charge is 0.220 e. The van der Waals surface area contributed by atoms with E-state index in [2.05, 4.69) is 6.92 Å². The van der Waals surface area contributed by atoms with E-state index in [-0.39, 0.29) is 5.78 Å². The van der Waals surface area contributed by atoms with Crippen molar-refractivity contribution in [1.29, 1.82) is 0 Å². The number of rotatable bonds is 7. The van der Waals surface area contributed by atoms with Crippen LogP contribution in [0, 0.1) is 0 Å². The minimum Gasteiger partial charge on any atom is -0.479 e. The Morgan fingerprint density at radius 3 is 2.64 bits per heavy atom. The Kier molecular flexibility index (Phi) is 9.40. The van der Waals surface area contributed by atoms with Gasteiger partial charge in [-0.2, -0.15) is 0 Å². The summed E-state index contributed by atoms with van der Waals surface area (Å²) in [5.74, 6) is 0.730. The summed E-state index contributed by atoms with van der Waals surface area (Å²) in [4.78, 5) is 11.3. The highest BCUT2D eigenvalue weighted by Crippen LogP contribution is 2.09. The lowest BCUT2D eigenvalue weighted by atomic mass is 10.2. The van der Waals surface area contributed by atoms with Crippen LogP contribution in [0.5, 0.6) is 0 Å². The number of ether oxygens (including phenoxy) is 1. The summed E-state index contributed by atoms with van der Waals surface area (Å²) in [7, 11) is 0. The molecule has 0 bridgehead atoms. The monoisotopic (exact) mass is 234 g/mol. The van der Waals surface area contributed by atoms with Crippen molar-refractivity contribution in [3.05, 3.63) is 0 Å². The lowest BCUT2D eigenvalue weighted by molar-refractivity contribution is -0.116. The fourth-order valence-electron chi connectivity index (χ4n) is 0.943. The number of carbonyl (C=O) groups excluding carboxylic acids is 1. The third kappa shape index (κ3) is 8.51. The molecule has 0 rings (SSSR count). The van der Waals surface area contributed by atoms with Crippen molar-refractivity contribution in [2.75, 3.05) is 12.4 Å². The van der Waals surface area contributed by atoms with Gasteiger partial charge in [-0.15, -0.1) is 0 Å². The van der Waals surface area contributed by atoms with Gasteiger partial charge in [0.1, 0.15) is 5.78 Å². The van der Waals surface area contributed by atoms with Gasteiger partial charge in [-0.25, -0.2) is 0 Å². The zero-order valence-electron chi connectivity index (χ0n) is 8.88. The maximum atomic E-state index is 11.3. The number of Topliss-reactive ketones (excluding diaryl/α,β-unsaturated/α-hetero) is 1. The van der Waals surface area contributed by atoms with E-state index >= 15 is 0 Å². The van der Waals surface area contributed by atoms with Crippen LogP contribution in [0.1, 0.15) is 39.5 Å². The van der Waals surface area contributed by atoms with Crippen LogP contribution in [0.4, 0.5) is 0 Å². The number of hydrogen-bond acceptors (Lipinski definition) is 4. The average Bonchev–Trinajstić information content (AvgIpc) is 2.16. The van der Waals surface area contributed by atoms with E-state index in [4.69, 9.17) is 17.0 Å². The molecule has 82 valence electrons. The van der Waals surface area contributed by atoms with Crippen molar-refractivity contribution in [2.24, 2.45) is 0 Å². The topological polar surface area (TPSA) is 26.3 Å². The van der Waals surface area contributed by atoms with Crippen molar-refractivity contribution in [3.8, 4) is 0 Å². The molecule has 0 aromatic rings. The summed E-state index contributed by atoms with van der Waals surface area (Å²) >= 11 is 6.22. The van der Waals surface area contributed by atoms with Crippen molar-refractivity contribution in [3.63, 3.8) is 0 Å². The number of thioether (sulfide) groups is 1. The van der Waals surface area contributed by atoms with E-state index in [1.807, 2.05) is 6.92 Å². The predicted octanol–water partition coefficient (Wildman–Crippen LogP) is 3.19. The van der Waals surface area contributed by atoms with Gasteiger partial charge in [-0.05, 0) is 25.6 Å². The molecule has 14 heavy (non-hydrogen) atoms. The van der Waals surface area contributed by atoms with Gasteiger partial charge < -0.3 is 4.74 Å². The highest BCUT2D eigenvalue weighted by Gasteiger charge is 2.04. The van der Waals surface area contributed by atoms with Gasteiger partial charge in [-0.3, -0.25) is 4.79 Å². The van der Waals surface area contributed by atoms with Crippen LogP contribution < -0.4 is 0 Å². The molecule has 0 fully saturated rings. The number of hydrogen-bond donors (Lipinski definition) is 0. The Balaban J connectivity index is 3.39. The maximum Gasteiger partial charge on any atom is 0.220 e. The molecule has 0 aliphatic heterocycles. The van der Waals surface area contributed by atoms with Gasteiger partial charge >= 0.3 is 0 Å². The lowest BCUT2D eigenvalue weighted by Crippen LogP contribution is -2.05. The summed E-state index contributed by atoms with van der Waals surface area (Å²) < 4.78 is 5.54. The minimum absolute atomic E-state index is 0.269. The van der Waals surface area contributed by atoms with Crippen LogP contribution in [-0.4, -0.2) is 22.5 Å². The van der Waals surface area contributed by atoms with Gasteiger partial charge in [0.25, 0.3) is 0 Å². The van der Waals surface area contributed by atoms with Gasteiger partial charge in [-0.1, -0.05) is 31.5 Å². The number of carbonyl (C=O) groups is 1. The minimum atomic E-state index is 0.269.